The summed E-state index contributed by atoms with van der Waals surface area (Å²) in [5.41, 5.74) is 3.56. The summed E-state index contributed by atoms with van der Waals surface area (Å²) in [5.74, 6) is -0.362. The molecule has 28 heavy (non-hydrogen) atoms. The van der Waals surface area contributed by atoms with Crippen LogP contribution in [0.25, 0.3) is 11.0 Å². The molecule has 0 saturated carbocycles. The molecule has 1 aromatic heterocycles. The Kier molecular flexibility index (Phi) is 6.49. The second-order valence-electron chi connectivity index (χ2n) is 6.53. The van der Waals surface area contributed by atoms with Crippen molar-refractivity contribution < 1.29 is 19.1 Å². The Labute approximate surface area is 167 Å². The number of aliphatic hydroxyl groups excluding tert-OH is 1. The highest BCUT2D eigenvalue weighted by atomic mass is 35.5. The van der Waals surface area contributed by atoms with Gasteiger partial charge in [0.25, 0.3) is 0 Å². The van der Waals surface area contributed by atoms with E-state index in [0.29, 0.717) is 40.0 Å². The lowest BCUT2D eigenvalue weighted by Crippen LogP contribution is -2.12. The molecule has 2 aromatic carbocycles. The normalized spacial score (nSPS) is 11.0. The molecule has 0 aliphatic carbocycles. The molecule has 0 unspecified atom stereocenters. The standard InChI is InChI=1S/C22H21ClO5/c1-14-18(23)7-8-19-21(14)22(26)17(13-28-19)12-16-5-3-2-4-15(16)6-9-20(25)27-11-10-24/h2-5,7-8,13,24H,6,9-12H2,1H3. The van der Waals surface area contributed by atoms with Crippen LogP contribution in [-0.4, -0.2) is 24.3 Å². The molecule has 6 heteroatoms. The number of benzene rings is 2. The van der Waals surface area contributed by atoms with Gasteiger partial charge in [-0.15, -0.1) is 0 Å². The summed E-state index contributed by atoms with van der Waals surface area (Å²) in [6.45, 7) is 1.61. The van der Waals surface area contributed by atoms with Gasteiger partial charge in [-0.25, -0.2) is 0 Å². The van der Waals surface area contributed by atoms with Gasteiger partial charge in [-0.2, -0.15) is 0 Å². The summed E-state index contributed by atoms with van der Waals surface area (Å²) in [4.78, 5) is 24.7. The van der Waals surface area contributed by atoms with Crippen molar-refractivity contribution in [1.82, 2.24) is 0 Å². The van der Waals surface area contributed by atoms with Crippen molar-refractivity contribution in [3.63, 3.8) is 0 Å². The number of rotatable bonds is 7. The van der Waals surface area contributed by atoms with Gasteiger partial charge < -0.3 is 14.3 Å². The van der Waals surface area contributed by atoms with Crippen molar-refractivity contribution in [2.45, 2.75) is 26.2 Å². The second-order valence-corrected chi connectivity index (χ2v) is 6.93. The summed E-state index contributed by atoms with van der Waals surface area (Å²) in [6.07, 6.45) is 2.58. The Morgan fingerprint density at radius 2 is 1.89 bits per heavy atom. The second kappa shape index (κ2) is 9.04. The molecule has 0 saturated heterocycles. The minimum absolute atomic E-state index is 0.000522. The Hall–Kier alpha value is -2.63. The fourth-order valence-corrected chi connectivity index (χ4v) is 3.32. The van der Waals surface area contributed by atoms with Crippen molar-refractivity contribution in [2.24, 2.45) is 0 Å². The maximum atomic E-state index is 13.0. The lowest BCUT2D eigenvalue weighted by atomic mass is 9.96. The van der Waals surface area contributed by atoms with Gasteiger partial charge in [-0.1, -0.05) is 35.9 Å². The van der Waals surface area contributed by atoms with Gasteiger partial charge in [0.15, 0.2) is 5.43 Å². The van der Waals surface area contributed by atoms with E-state index < -0.39 is 0 Å². The Morgan fingerprint density at radius 1 is 1.14 bits per heavy atom. The zero-order valence-electron chi connectivity index (χ0n) is 15.5. The molecule has 1 heterocycles. The van der Waals surface area contributed by atoms with Crippen LogP contribution in [0, 0.1) is 6.92 Å². The van der Waals surface area contributed by atoms with Crippen LogP contribution in [0.2, 0.25) is 5.02 Å². The van der Waals surface area contributed by atoms with Gasteiger partial charge in [-0.05, 0) is 42.2 Å². The molecule has 0 amide bonds. The number of fused-ring (bicyclic) bond motifs is 1. The monoisotopic (exact) mass is 400 g/mol. The van der Waals surface area contributed by atoms with E-state index >= 15 is 0 Å². The third-order valence-electron chi connectivity index (χ3n) is 4.66. The van der Waals surface area contributed by atoms with E-state index in [9.17, 15) is 9.59 Å². The fraction of sp³-hybridized carbons (Fsp3) is 0.273. The van der Waals surface area contributed by atoms with Crippen molar-refractivity contribution in [1.29, 1.82) is 0 Å². The highest BCUT2D eigenvalue weighted by Crippen LogP contribution is 2.24. The number of carbonyl (C=O) groups excluding carboxylic acids is 1. The number of hydrogen-bond donors (Lipinski definition) is 1. The number of carbonyl (C=O) groups is 1. The Morgan fingerprint density at radius 3 is 2.64 bits per heavy atom. The van der Waals surface area contributed by atoms with Crippen LogP contribution in [0.4, 0.5) is 0 Å². The quantitative estimate of drug-likeness (QED) is 0.610. The highest BCUT2D eigenvalue weighted by Gasteiger charge is 2.14. The first kappa shape index (κ1) is 20.1. The zero-order chi connectivity index (χ0) is 20.1. The van der Waals surface area contributed by atoms with E-state index in [1.807, 2.05) is 24.3 Å². The van der Waals surface area contributed by atoms with Gasteiger partial charge in [0.05, 0.1) is 18.3 Å². The molecule has 0 atom stereocenters. The van der Waals surface area contributed by atoms with Crippen molar-refractivity contribution >= 4 is 28.5 Å². The topological polar surface area (TPSA) is 76.7 Å². The number of hydrogen-bond acceptors (Lipinski definition) is 5. The molecule has 0 fully saturated rings. The number of esters is 1. The summed E-state index contributed by atoms with van der Waals surface area (Å²) < 4.78 is 10.6. The molecule has 1 N–H and O–H groups in total. The third kappa shape index (κ3) is 4.43. The summed E-state index contributed by atoms with van der Waals surface area (Å²) in [6, 6.07) is 11.1. The smallest absolute Gasteiger partial charge is 0.306 e. The number of ether oxygens (including phenoxy) is 1. The molecule has 0 aliphatic heterocycles. The lowest BCUT2D eigenvalue weighted by molar-refractivity contribution is -0.144. The fourth-order valence-electron chi connectivity index (χ4n) is 3.16. The molecule has 0 bridgehead atoms. The predicted molar refractivity (Wildman–Crippen MR) is 108 cm³/mol. The van der Waals surface area contributed by atoms with Crippen LogP contribution < -0.4 is 5.43 Å². The first-order valence-corrected chi connectivity index (χ1v) is 9.41. The SMILES string of the molecule is Cc1c(Cl)ccc2occ(Cc3ccccc3CCC(=O)OCCO)c(=O)c12. The summed E-state index contributed by atoms with van der Waals surface area (Å²) in [5, 5.41) is 9.74. The van der Waals surface area contributed by atoms with E-state index in [0.717, 1.165) is 11.1 Å². The van der Waals surface area contributed by atoms with E-state index in [1.54, 1.807) is 19.1 Å². The minimum Gasteiger partial charge on any atom is -0.464 e. The van der Waals surface area contributed by atoms with E-state index in [2.05, 4.69) is 0 Å². The lowest BCUT2D eigenvalue weighted by Gasteiger charge is -2.10. The molecule has 3 aromatic rings. The zero-order valence-corrected chi connectivity index (χ0v) is 16.3. The molecule has 5 nitrogen and oxygen atoms in total. The Balaban J connectivity index is 1.86. The molecule has 146 valence electrons. The molecule has 0 spiro atoms. The molecule has 3 rings (SSSR count). The summed E-state index contributed by atoms with van der Waals surface area (Å²) in [7, 11) is 0. The first-order chi connectivity index (χ1) is 13.5. The van der Waals surface area contributed by atoms with Gasteiger partial charge in [-0.3, -0.25) is 9.59 Å². The van der Waals surface area contributed by atoms with E-state index in [-0.39, 0.29) is 31.0 Å². The van der Waals surface area contributed by atoms with Crippen LogP contribution in [0.1, 0.15) is 28.7 Å². The van der Waals surface area contributed by atoms with Gasteiger partial charge >= 0.3 is 5.97 Å². The van der Waals surface area contributed by atoms with Crippen LogP contribution in [0.3, 0.4) is 0 Å². The minimum atomic E-state index is -0.362. The number of aryl methyl sites for hydroxylation is 2. The van der Waals surface area contributed by atoms with Crippen LogP contribution in [0.15, 0.2) is 51.9 Å². The predicted octanol–water partition coefficient (Wildman–Crippen LogP) is 3.81. The van der Waals surface area contributed by atoms with Crippen molar-refractivity contribution in [3.8, 4) is 0 Å². The average Bonchev–Trinajstić information content (AvgIpc) is 2.70. The maximum absolute atomic E-state index is 13.0. The largest absolute Gasteiger partial charge is 0.464 e. The molecule has 0 radical (unpaired) electrons. The molecular weight excluding hydrogens is 380 g/mol. The van der Waals surface area contributed by atoms with Gasteiger partial charge in [0.1, 0.15) is 12.2 Å². The van der Waals surface area contributed by atoms with Crippen LogP contribution >= 0.6 is 11.6 Å². The number of halogens is 1. The average molecular weight is 401 g/mol. The summed E-state index contributed by atoms with van der Waals surface area (Å²) >= 11 is 6.16. The first-order valence-electron chi connectivity index (χ1n) is 9.04. The van der Waals surface area contributed by atoms with Crippen molar-refractivity contribution in [3.05, 3.63) is 80.2 Å². The Bertz CT molecular complexity index is 1050. The van der Waals surface area contributed by atoms with Crippen molar-refractivity contribution in [2.75, 3.05) is 13.2 Å². The molecule has 0 aliphatic rings. The van der Waals surface area contributed by atoms with Gasteiger partial charge in [0, 0.05) is 23.4 Å². The maximum Gasteiger partial charge on any atom is 0.306 e. The third-order valence-corrected chi connectivity index (χ3v) is 5.07. The van der Waals surface area contributed by atoms with E-state index in [4.69, 9.17) is 25.9 Å². The molecular formula is C22H21ClO5. The number of aliphatic hydroxyl groups is 1. The van der Waals surface area contributed by atoms with Crippen LogP contribution in [-0.2, 0) is 22.4 Å². The highest BCUT2D eigenvalue weighted by molar-refractivity contribution is 6.32. The van der Waals surface area contributed by atoms with Gasteiger partial charge in [0.2, 0.25) is 0 Å². The van der Waals surface area contributed by atoms with E-state index in [1.165, 1.54) is 6.26 Å². The van der Waals surface area contributed by atoms with Crippen LogP contribution in [0.5, 0.6) is 0 Å².